The molecule has 110 valence electrons. The van der Waals surface area contributed by atoms with E-state index in [1.165, 1.54) is 0 Å². The van der Waals surface area contributed by atoms with Gasteiger partial charge in [0.1, 0.15) is 5.75 Å². The van der Waals surface area contributed by atoms with Crippen LogP contribution < -0.4 is 15.4 Å². The third-order valence-corrected chi connectivity index (χ3v) is 3.10. The number of hydrogen-bond donors (Lipinski definition) is 2. The quantitative estimate of drug-likeness (QED) is 0.821. The Morgan fingerprint density at radius 1 is 1.10 bits per heavy atom. The molecule has 2 N–H and O–H groups in total. The van der Waals surface area contributed by atoms with Gasteiger partial charge in [0.25, 0.3) is 0 Å². The number of hydrogen-bond acceptors (Lipinski definition) is 3. The summed E-state index contributed by atoms with van der Waals surface area (Å²) in [5, 5.41) is 5.98. The van der Waals surface area contributed by atoms with Gasteiger partial charge < -0.3 is 15.4 Å². The van der Waals surface area contributed by atoms with Crippen molar-refractivity contribution in [1.29, 1.82) is 0 Å². The lowest BCUT2D eigenvalue weighted by molar-refractivity contribution is -0.119. The number of rotatable bonds is 7. The molecule has 2 rings (SSSR count). The number of amides is 1. The zero-order chi connectivity index (χ0) is 14.9. The monoisotopic (exact) mass is 284 g/mol. The lowest BCUT2D eigenvalue weighted by atomic mass is 10.1. The summed E-state index contributed by atoms with van der Waals surface area (Å²) in [6, 6.07) is 17.5. The SMILES string of the molecule is COc1cccc(CCNC(=O)CNc2ccccc2)c1. The molecular formula is C17H20N2O2. The van der Waals surface area contributed by atoms with E-state index in [4.69, 9.17) is 4.74 Å². The van der Waals surface area contributed by atoms with Gasteiger partial charge in [0.2, 0.25) is 5.91 Å². The van der Waals surface area contributed by atoms with Crippen LogP contribution in [0, 0.1) is 0 Å². The molecular weight excluding hydrogens is 264 g/mol. The zero-order valence-corrected chi connectivity index (χ0v) is 12.1. The standard InChI is InChI=1S/C17H20N2O2/c1-21-16-9-5-6-14(12-16)10-11-18-17(20)13-19-15-7-3-2-4-8-15/h2-9,12,19H,10-11,13H2,1H3,(H,18,20). The number of anilines is 1. The Hall–Kier alpha value is -2.49. The van der Waals surface area contributed by atoms with Crippen LogP contribution in [-0.4, -0.2) is 26.1 Å². The fraction of sp³-hybridized carbons (Fsp3) is 0.235. The second-order valence-corrected chi connectivity index (χ2v) is 4.67. The Morgan fingerprint density at radius 2 is 1.90 bits per heavy atom. The molecule has 0 spiro atoms. The summed E-state index contributed by atoms with van der Waals surface area (Å²) in [6.45, 7) is 0.893. The van der Waals surface area contributed by atoms with Gasteiger partial charge >= 0.3 is 0 Å². The third-order valence-electron chi connectivity index (χ3n) is 3.10. The van der Waals surface area contributed by atoms with E-state index < -0.39 is 0 Å². The van der Waals surface area contributed by atoms with Gasteiger partial charge in [0.15, 0.2) is 0 Å². The summed E-state index contributed by atoms with van der Waals surface area (Å²) < 4.78 is 5.17. The Kier molecular flexibility index (Phi) is 5.64. The number of ether oxygens (including phenoxy) is 1. The van der Waals surface area contributed by atoms with Crippen LogP contribution in [0.4, 0.5) is 5.69 Å². The van der Waals surface area contributed by atoms with E-state index in [0.717, 1.165) is 23.4 Å². The van der Waals surface area contributed by atoms with Crippen LogP contribution in [0.25, 0.3) is 0 Å². The first-order chi connectivity index (χ1) is 10.3. The molecule has 21 heavy (non-hydrogen) atoms. The maximum absolute atomic E-state index is 11.7. The fourth-order valence-electron chi connectivity index (χ4n) is 1.98. The topological polar surface area (TPSA) is 50.4 Å². The predicted molar refractivity (Wildman–Crippen MR) is 84.6 cm³/mol. The minimum Gasteiger partial charge on any atom is -0.497 e. The minimum atomic E-state index is -0.0123. The fourth-order valence-corrected chi connectivity index (χ4v) is 1.98. The van der Waals surface area contributed by atoms with Crippen molar-refractivity contribution in [2.45, 2.75) is 6.42 Å². The number of benzene rings is 2. The molecule has 0 unspecified atom stereocenters. The van der Waals surface area contributed by atoms with Gasteiger partial charge in [-0.1, -0.05) is 30.3 Å². The van der Waals surface area contributed by atoms with E-state index in [2.05, 4.69) is 10.6 Å². The number of methoxy groups -OCH3 is 1. The van der Waals surface area contributed by atoms with Crippen molar-refractivity contribution in [2.24, 2.45) is 0 Å². The molecule has 0 aliphatic rings. The molecule has 0 radical (unpaired) electrons. The van der Waals surface area contributed by atoms with Crippen molar-refractivity contribution in [1.82, 2.24) is 5.32 Å². The predicted octanol–water partition coefficient (Wildman–Crippen LogP) is 2.47. The van der Waals surface area contributed by atoms with Gasteiger partial charge in [-0.2, -0.15) is 0 Å². The molecule has 0 saturated carbocycles. The van der Waals surface area contributed by atoms with Gasteiger partial charge in [-0.05, 0) is 36.2 Å². The average Bonchev–Trinajstić information content (AvgIpc) is 2.54. The second kappa shape index (κ2) is 7.94. The number of carbonyl (C=O) groups excluding carboxylic acids is 1. The highest BCUT2D eigenvalue weighted by Crippen LogP contribution is 2.12. The normalized spacial score (nSPS) is 9.95. The van der Waals surface area contributed by atoms with Gasteiger partial charge in [0.05, 0.1) is 13.7 Å². The van der Waals surface area contributed by atoms with Gasteiger partial charge in [-0.15, -0.1) is 0 Å². The first-order valence-corrected chi connectivity index (χ1v) is 6.96. The van der Waals surface area contributed by atoms with E-state index in [9.17, 15) is 4.79 Å². The molecule has 2 aromatic rings. The molecule has 0 aliphatic carbocycles. The second-order valence-electron chi connectivity index (χ2n) is 4.67. The minimum absolute atomic E-state index is 0.0123. The highest BCUT2D eigenvalue weighted by atomic mass is 16.5. The third kappa shape index (κ3) is 5.18. The summed E-state index contributed by atoms with van der Waals surface area (Å²) in [6.07, 6.45) is 0.786. The van der Waals surface area contributed by atoms with Gasteiger partial charge in [-0.3, -0.25) is 4.79 Å². The summed E-state index contributed by atoms with van der Waals surface area (Å²) in [4.78, 5) is 11.7. The van der Waals surface area contributed by atoms with Crippen molar-refractivity contribution in [2.75, 3.05) is 25.5 Å². The van der Waals surface area contributed by atoms with Gasteiger partial charge in [0, 0.05) is 12.2 Å². The molecule has 0 aromatic heterocycles. The number of para-hydroxylation sites is 1. The van der Waals surface area contributed by atoms with E-state index in [-0.39, 0.29) is 12.5 Å². The van der Waals surface area contributed by atoms with Crippen LogP contribution in [-0.2, 0) is 11.2 Å². The Labute approximate surface area is 125 Å². The number of carbonyl (C=O) groups is 1. The largest absolute Gasteiger partial charge is 0.497 e. The Balaban J connectivity index is 1.69. The Morgan fingerprint density at radius 3 is 2.67 bits per heavy atom. The van der Waals surface area contributed by atoms with Crippen LogP contribution in [0.1, 0.15) is 5.56 Å². The highest BCUT2D eigenvalue weighted by Gasteiger charge is 2.01. The molecule has 4 nitrogen and oxygen atoms in total. The lowest BCUT2D eigenvalue weighted by Gasteiger charge is -2.08. The van der Waals surface area contributed by atoms with Crippen molar-refractivity contribution >= 4 is 11.6 Å². The zero-order valence-electron chi connectivity index (χ0n) is 12.1. The summed E-state index contributed by atoms with van der Waals surface area (Å²) in [5.74, 6) is 0.825. The van der Waals surface area contributed by atoms with E-state index in [1.54, 1.807) is 7.11 Å². The van der Waals surface area contributed by atoms with Crippen LogP contribution >= 0.6 is 0 Å². The van der Waals surface area contributed by atoms with Crippen LogP contribution in [0.5, 0.6) is 5.75 Å². The van der Waals surface area contributed by atoms with Crippen molar-refractivity contribution in [3.8, 4) is 5.75 Å². The van der Waals surface area contributed by atoms with Gasteiger partial charge in [-0.25, -0.2) is 0 Å². The molecule has 0 heterocycles. The highest BCUT2D eigenvalue weighted by molar-refractivity contribution is 5.80. The van der Waals surface area contributed by atoms with E-state index in [1.807, 2.05) is 54.6 Å². The first kappa shape index (κ1) is 14.9. The molecule has 0 atom stereocenters. The van der Waals surface area contributed by atoms with E-state index >= 15 is 0 Å². The molecule has 1 amide bonds. The maximum atomic E-state index is 11.7. The number of nitrogens with one attached hydrogen (secondary N) is 2. The molecule has 0 saturated heterocycles. The van der Waals surface area contributed by atoms with Crippen LogP contribution in [0.15, 0.2) is 54.6 Å². The molecule has 0 fully saturated rings. The smallest absolute Gasteiger partial charge is 0.239 e. The maximum Gasteiger partial charge on any atom is 0.239 e. The van der Waals surface area contributed by atoms with Crippen molar-refractivity contribution < 1.29 is 9.53 Å². The average molecular weight is 284 g/mol. The molecule has 0 bridgehead atoms. The summed E-state index contributed by atoms with van der Waals surface area (Å²) in [7, 11) is 1.65. The Bertz CT molecular complexity index is 570. The lowest BCUT2D eigenvalue weighted by Crippen LogP contribution is -2.31. The van der Waals surface area contributed by atoms with Crippen LogP contribution in [0.3, 0.4) is 0 Å². The summed E-state index contributed by atoms with van der Waals surface area (Å²) in [5.41, 5.74) is 2.09. The van der Waals surface area contributed by atoms with Crippen molar-refractivity contribution in [3.63, 3.8) is 0 Å². The van der Waals surface area contributed by atoms with Crippen LogP contribution in [0.2, 0.25) is 0 Å². The van der Waals surface area contributed by atoms with E-state index in [0.29, 0.717) is 6.54 Å². The molecule has 0 aliphatic heterocycles. The summed E-state index contributed by atoms with van der Waals surface area (Å²) >= 11 is 0. The molecule has 4 heteroatoms. The molecule has 2 aromatic carbocycles. The van der Waals surface area contributed by atoms with Crippen molar-refractivity contribution in [3.05, 3.63) is 60.2 Å². The first-order valence-electron chi connectivity index (χ1n) is 6.96.